The van der Waals surface area contributed by atoms with Crippen molar-refractivity contribution in [3.63, 3.8) is 0 Å². The van der Waals surface area contributed by atoms with E-state index in [1.54, 1.807) is 0 Å². The summed E-state index contributed by atoms with van der Waals surface area (Å²) in [7, 11) is 2.05. The fourth-order valence-corrected chi connectivity index (χ4v) is 2.73. The molecule has 0 saturated carbocycles. The Morgan fingerprint density at radius 2 is 1.96 bits per heavy atom. The molecule has 0 aliphatic carbocycles. The highest BCUT2D eigenvalue weighted by Gasteiger charge is 2.05. The zero-order valence-electron chi connectivity index (χ0n) is 17.5. The normalized spacial score (nSPS) is 11.1. The summed E-state index contributed by atoms with van der Waals surface area (Å²) < 4.78 is 8.01. The van der Waals surface area contributed by atoms with E-state index in [-0.39, 0.29) is 24.0 Å². The number of benzene rings is 1. The molecule has 0 bridgehead atoms. The Morgan fingerprint density at radius 1 is 1.21 bits per heavy atom. The minimum Gasteiger partial charge on any atom is -0.492 e. The molecule has 0 saturated heterocycles. The molecular weight excluding hydrogens is 465 g/mol. The van der Waals surface area contributed by atoms with Gasteiger partial charge in [0.25, 0.3) is 0 Å². The molecule has 0 fully saturated rings. The first kappa shape index (κ1) is 24.3. The van der Waals surface area contributed by atoms with Crippen molar-refractivity contribution < 1.29 is 4.74 Å². The monoisotopic (exact) mass is 499 g/mol. The van der Waals surface area contributed by atoms with Crippen molar-refractivity contribution in [1.29, 1.82) is 0 Å². The van der Waals surface area contributed by atoms with Gasteiger partial charge in [-0.3, -0.25) is 4.99 Å². The number of rotatable bonds is 10. The number of imidazole rings is 1. The van der Waals surface area contributed by atoms with Gasteiger partial charge in [-0.25, -0.2) is 4.98 Å². The fraction of sp³-hybridized carbons (Fsp3) is 0.524. The molecule has 0 atom stereocenters. The Labute approximate surface area is 186 Å². The first-order chi connectivity index (χ1) is 13.1. The molecule has 1 N–H and O–H groups in total. The summed E-state index contributed by atoms with van der Waals surface area (Å²) in [5.41, 5.74) is 1.24. The van der Waals surface area contributed by atoms with Crippen LogP contribution in [0.15, 0.2) is 41.7 Å². The third kappa shape index (κ3) is 8.50. The first-order valence-corrected chi connectivity index (χ1v) is 9.76. The third-order valence-corrected chi connectivity index (χ3v) is 4.41. The van der Waals surface area contributed by atoms with Crippen molar-refractivity contribution >= 4 is 29.9 Å². The van der Waals surface area contributed by atoms with E-state index >= 15 is 0 Å². The Hall–Kier alpha value is -1.77. The zero-order valence-corrected chi connectivity index (χ0v) is 19.8. The van der Waals surface area contributed by atoms with Gasteiger partial charge in [0.15, 0.2) is 5.96 Å². The molecule has 0 spiro atoms. The largest absolute Gasteiger partial charge is 0.492 e. The molecule has 0 amide bonds. The summed E-state index contributed by atoms with van der Waals surface area (Å²) >= 11 is 0. The number of aryl methyl sites for hydroxylation is 3. The summed E-state index contributed by atoms with van der Waals surface area (Å²) in [4.78, 5) is 11.1. The van der Waals surface area contributed by atoms with E-state index in [0.29, 0.717) is 6.61 Å². The van der Waals surface area contributed by atoms with E-state index in [9.17, 15) is 0 Å². The van der Waals surface area contributed by atoms with Crippen LogP contribution in [-0.4, -0.2) is 53.7 Å². The molecule has 0 aliphatic rings. The molecule has 2 rings (SSSR count). The average Bonchev–Trinajstić information content (AvgIpc) is 3.07. The van der Waals surface area contributed by atoms with Gasteiger partial charge >= 0.3 is 0 Å². The first-order valence-electron chi connectivity index (χ1n) is 9.76. The van der Waals surface area contributed by atoms with E-state index in [4.69, 9.17) is 9.73 Å². The molecule has 2 aromatic rings. The zero-order chi connectivity index (χ0) is 19.5. The molecule has 156 valence electrons. The van der Waals surface area contributed by atoms with Crippen LogP contribution in [0.25, 0.3) is 0 Å². The van der Waals surface area contributed by atoms with Gasteiger partial charge in [0, 0.05) is 39.1 Å². The molecule has 6 nitrogen and oxygen atoms in total. The number of hydrogen-bond donors (Lipinski definition) is 1. The molecule has 1 aromatic heterocycles. The summed E-state index contributed by atoms with van der Waals surface area (Å²) in [5, 5.41) is 3.36. The predicted octanol–water partition coefficient (Wildman–Crippen LogP) is 3.87. The number of unbranched alkanes of at least 4 members (excludes halogenated alkanes) is 1. The lowest BCUT2D eigenvalue weighted by molar-refractivity contribution is 0.281. The van der Waals surface area contributed by atoms with E-state index < -0.39 is 0 Å². The lowest BCUT2D eigenvalue weighted by Crippen LogP contribution is -2.41. The Balaban J connectivity index is 0.00000392. The van der Waals surface area contributed by atoms with Crippen molar-refractivity contribution in [2.24, 2.45) is 4.99 Å². The number of nitrogens with one attached hydrogen (secondary N) is 1. The highest BCUT2D eigenvalue weighted by atomic mass is 127. The second kappa shape index (κ2) is 13.4. The smallest absolute Gasteiger partial charge is 0.193 e. The molecule has 1 aromatic carbocycles. The summed E-state index contributed by atoms with van der Waals surface area (Å²) in [5.74, 6) is 2.91. The van der Waals surface area contributed by atoms with Crippen LogP contribution in [0.5, 0.6) is 5.75 Å². The van der Waals surface area contributed by atoms with E-state index in [2.05, 4.69) is 52.8 Å². The van der Waals surface area contributed by atoms with Gasteiger partial charge in [0.05, 0.1) is 6.54 Å². The maximum atomic E-state index is 5.82. The quantitative estimate of drug-likeness (QED) is 0.234. The maximum Gasteiger partial charge on any atom is 0.193 e. The van der Waals surface area contributed by atoms with E-state index in [1.165, 1.54) is 5.56 Å². The number of hydrogen-bond acceptors (Lipinski definition) is 3. The SMILES string of the molecule is CCNC(=NCCCCn1ccnc1C)N(C)CCOc1ccc(C)cc1.I. The number of likely N-dealkylation sites (N-methyl/N-ethyl adjacent to an activating group) is 1. The van der Waals surface area contributed by atoms with Gasteiger partial charge in [-0.15, -0.1) is 24.0 Å². The van der Waals surface area contributed by atoms with Gasteiger partial charge in [0.1, 0.15) is 18.2 Å². The lowest BCUT2D eigenvalue weighted by atomic mass is 10.2. The van der Waals surface area contributed by atoms with Gasteiger partial charge < -0.3 is 19.5 Å². The van der Waals surface area contributed by atoms with Crippen LogP contribution in [0.1, 0.15) is 31.2 Å². The van der Waals surface area contributed by atoms with Gasteiger partial charge in [-0.2, -0.15) is 0 Å². The van der Waals surface area contributed by atoms with Crippen molar-refractivity contribution in [3.8, 4) is 5.75 Å². The number of halogens is 1. The maximum absolute atomic E-state index is 5.82. The van der Waals surface area contributed by atoms with Crippen LogP contribution in [0, 0.1) is 13.8 Å². The molecule has 0 unspecified atom stereocenters. The molecule has 7 heteroatoms. The summed E-state index contributed by atoms with van der Waals surface area (Å²) in [6, 6.07) is 8.15. The Bertz CT molecular complexity index is 699. The van der Waals surface area contributed by atoms with Crippen LogP contribution < -0.4 is 10.1 Å². The van der Waals surface area contributed by atoms with Crippen LogP contribution >= 0.6 is 24.0 Å². The van der Waals surface area contributed by atoms with E-state index in [1.807, 2.05) is 31.5 Å². The number of guanidine groups is 1. The number of nitrogens with zero attached hydrogens (tertiary/aromatic N) is 4. The highest BCUT2D eigenvalue weighted by Crippen LogP contribution is 2.11. The van der Waals surface area contributed by atoms with Gasteiger partial charge in [0.2, 0.25) is 0 Å². The molecule has 28 heavy (non-hydrogen) atoms. The summed E-state index contributed by atoms with van der Waals surface area (Å²) in [6.45, 7) is 10.3. The van der Waals surface area contributed by atoms with Crippen LogP contribution in [0.4, 0.5) is 0 Å². The van der Waals surface area contributed by atoms with Crippen LogP contribution in [-0.2, 0) is 6.54 Å². The Morgan fingerprint density at radius 3 is 2.61 bits per heavy atom. The van der Waals surface area contributed by atoms with E-state index in [0.717, 1.165) is 56.6 Å². The van der Waals surface area contributed by atoms with Crippen molar-refractivity contribution in [1.82, 2.24) is 19.8 Å². The molecule has 1 heterocycles. The molecule has 0 aliphatic heterocycles. The molecular formula is C21H34IN5O. The topological polar surface area (TPSA) is 54.7 Å². The fourth-order valence-electron chi connectivity index (χ4n) is 2.73. The second-order valence-corrected chi connectivity index (χ2v) is 6.69. The average molecular weight is 499 g/mol. The second-order valence-electron chi connectivity index (χ2n) is 6.69. The van der Waals surface area contributed by atoms with Gasteiger partial charge in [-0.1, -0.05) is 17.7 Å². The van der Waals surface area contributed by atoms with Crippen molar-refractivity contribution in [2.75, 3.05) is 33.3 Å². The third-order valence-electron chi connectivity index (χ3n) is 4.41. The van der Waals surface area contributed by atoms with Crippen LogP contribution in [0.3, 0.4) is 0 Å². The van der Waals surface area contributed by atoms with Crippen molar-refractivity contribution in [3.05, 3.63) is 48.0 Å². The van der Waals surface area contributed by atoms with Crippen LogP contribution in [0.2, 0.25) is 0 Å². The summed E-state index contributed by atoms with van der Waals surface area (Å²) in [6.07, 6.45) is 6.04. The number of aromatic nitrogens is 2. The lowest BCUT2D eigenvalue weighted by Gasteiger charge is -2.22. The predicted molar refractivity (Wildman–Crippen MR) is 127 cm³/mol. The Kier molecular flexibility index (Phi) is 11.6. The van der Waals surface area contributed by atoms with Gasteiger partial charge in [-0.05, 0) is 45.7 Å². The number of ether oxygens (including phenoxy) is 1. The number of aliphatic imine (C=N–C) groups is 1. The standard InChI is InChI=1S/C21H33N5O.HI/c1-5-22-21(24-12-6-7-14-26-15-13-23-19(26)3)25(4)16-17-27-20-10-8-18(2)9-11-20;/h8-11,13,15H,5-7,12,14,16-17H2,1-4H3,(H,22,24);1H. The minimum absolute atomic E-state index is 0. The van der Waals surface area contributed by atoms with Crippen molar-refractivity contribution in [2.45, 2.75) is 40.2 Å². The highest BCUT2D eigenvalue weighted by molar-refractivity contribution is 14.0. The molecule has 0 radical (unpaired) electrons. The minimum atomic E-state index is 0.